The lowest BCUT2D eigenvalue weighted by Gasteiger charge is -2.02. The predicted octanol–water partition coefficient (Wildman–Crippen LogP) is 2.87. The molecule has 0 fully saturated rings. The van der Waals surface area contributed by atoms with Gasteiger partial charge in [-0.3, -0.25) is 15.2 Å². The third-order valence-electron chi connectivity index (χ3n) is 3.18. The molecule has 2 aromatic carbocycles. The van der Waals surface area contributed by atoms with Crippen molar-refractivity contribution in [1.29, 1.82) is 0 Å². The minimum Gasteiger partial charge on any atom is -0.497 e. The SMILES string of the molecule is COc1ccc(C(=O)Nc2n[nH]c(-c3ccc(F)cc3)n2)cc1. The number of nitrogens with zero attached hydrogens (tertiary/aromatic N) is 2. The molecule has 0 saturated heterocycles. The fourth-order valence-corrected chi connectivity index (χ4v) is 1.97. The number of rotatable bonds is 4. The van der Waals surface area contributed by atoms with Gasteiger partial charge in [-0.1, -0.05) is 0 Å². The van der Waals surface area contributed by atoms with Crippen LogP contribution in [0.15, 0.2) is 48.5 Å². The van der Waals surface area contributed by atoms with Crippen LogP contribution >= 0.6 is 0 Å². The first-order valence-electron chi connectivity index (χ1n) is 6.79. The van der Waals surface area contributed by atoms with Gasteiger partial charge in [0, 0.05) is 11.1 Å². The van der Waals surface area contributed by atoms with Crippen molar-refractivity contribution in [3.8, 4) is 17.1 Å². The number of aromatic amines is 1. The van der Waals surface area contributed by atoms with Gasteiger partial charge in [0.1, 0.15) is 11.6 Å². The Morgan fingerprint density at radius 1 is 1.13 bits per heavy atom. The molecule has 0 atom stereocenters. The molecule has 1 amide bonds. The smallest absolute Gasteiger partial charge is 0.258 e. The van der Waals surface area contributed by atoms with Crippen LogP contribution in [0.2, 0.25) is 0 Å². The van der Waals surface area contributed by atoms with Gasteiger partial charge in [-0.25, -0.2) is 4.39 Å². The second-order valence-corrected chi connectivity index (χ2v) is 4.70. The molecule has 23 heavy (non-hydrogen) atoms. The Labute approximate surface area is 131 Å². The Bertz CT molecular complexity index is 813. The minimum atomic E-state index is -0.336. The quantitative estimate of drug-likeness (QED) is 0.776. The summed E-state index contributed by atoms with van der Waals surface area (Å²) < 4.78 is 17.9. The highest BCUT2D eigenvalue weighted by molar-refractivity contribution is 6.03. The number of H-pyrrole nitrogens is 1. The number of hydrogen-bond acceptors (Lipinski definition) is 4. The number of nitrogens with one attached hydrogen (secondary N) is 2. The zero-order valence-corrected chi connectivity index (χ0v) is 12.2. The van der Waals surface area contributed by atoms with E-state index in [0.717, 1.165) is 0 Å². The topological polar surface area (TPSA) is 79.9 Å². The second kappa shape index (κ2) is 6.27. The number of hydrogen-bond donors (Lipinski definition) is 2. The van der Waals surface area contributed by atoms with Crippen molar-refractivity contribution >= 4 is 11.9 Å². The molecule has 2 N–H and O–H groups in total. The number of methoxy groups -OCH3 is 1. The van der Waals surface area contributed by atoms with E-state index >= 15 is 0 Å². The molecule has 0 radical (unpaired) electrons. The molecule has 0 bridgehead atoms. The van der Waals surface area contributed by atoms with Crippen LogP contribution in [0.1, 0.15) is 10.4 Å². The van der Waals surface area contributed by atoms with Gasteiger partial charge in [0.2, 0.25) is 5.95 Å². The Balaban J connectivity index is 1.73. The molecule has 0 spiro atoms. The van der Waals surface area contributed by atoms with Crippen LogP contribution < -0.4 is 10.1 Å². The Hall–Kier alpha value is -3.22. The zero-order valence-electron chi connectivity index (χ0n) is 12.2. The number of carbonyl (C=O) groups is 1. The third-order valence-corrected chi connectivity index (χ3v) is 3.18. The zero-order chi connectivity index (χ0) is 16.2. The standard InChI is InChI=1S/C16H13FN4O2/c1-23-13-8-4-11(5-9-13)15(22)19-16-18-14(20-21-16)10-2-6-12(17)7-3-10/h2-9H,1H3,(H2,18,19,20,21,22). The number of amides is 1. The summed E-state index contributed by atoms with van der Waals surface area (Å²) in [5.41, 5.74) is 1.13. The summed E-state index contributed by atoms with van der Waals surface area (Å²) >= 11 is 0. The lowest BCUT2D eigenvalue weighted by molar-refractivity contribution is 0.102. The van der Waals surface area contributed by atoms with E-state index in [1.165, 1.54) is 12.1 Å². The monoisotopic (exact) mass is 312 g/mol. The first-order chi connectivity index (χ1) is 11.2. The summed E-state index contributed by atoms with van der Waals surface area (Å²) in [6.07, 6.45) is 0. The van der Waals surface area contributed by atoms with Crippen LogP contribution in [0.5, 0.6) is 5.75 Å². The highest BCUT2D eigenvalue weighted by atomic mass is 19.1. The molecular formula is C16H13FN4O2. The van der Waals surface area contributed by atoms with Crippen LogP contribution in [0, 0.1) is 5.82 Å². The van der Waals surface area contributed by atoms with E-state index < -0.39 is 0 Å². The van der Waals surface area contributed by atoms with Crippen molar-refractivity contribution < 1.29 is 13.9 Å². The van der Waals surface area contributed by atoms with Crippen molar-refractivity contribution in [2.75, 3.05) is 12.4 Å². The number of carbonyl (C=O) groups excluding carboxylic acids is 1. The summed E-state index contributed by atoms with van der Waals surface area (Å²) in [4.78, 5) is 16.3. The van der Waals surface area contributed by atoms with Crippen molar-refractivity contribution in [1.82, 2.24) is 15.2 Å². The molecule has 0 saturated carbocycles. The molecule has 0 unspecified atom stereocenters. The van der Waals surface area contributed by atoms with E-state index in [1.54, 1.807) is 43.5 Å². The maximum Gasteiger partial charge on any atom is 0.258 e. The van der Waals surface area contributed by atoms with E-state index in [9.17, 15) is 9.18 Å². The maximum absolute atomic E-state index is 12.9. The van der Waals surface area contributed by atoms with Crippen molar-refractivity contribution in [3.05, 3.63) is 59.9 Å². The highest BCUT2D eigenvalue weighted by Gasteiger charge is 2.11. The van der Waals surface area contributed by atoms with Crippen molar-refractivity contribution in [3.63, 3.8) is 0 Å². The fourth-order valence-electron chi connectivity index (χ4n) is 1.97. The second-order valence-electron chi connectivity index (χ2n) is 4.70. The van der Waals surface area contributed by atoms with E-state index in [2.05, 4.69) is 20.5 Å². The Morgan fingerprint density at radius 2 is 1.83 bits per heavy atom. The molecule has 0 aliphatic rings. The summed E-state index contributed by atoms with van der Waals surface area (Å²) in [7, 11) is 1.56. The van der Waals surface area contributed by atoms with Crippen LogP contribution in [0.4, 0.5) is 10.3 Å². The van der Waals surface area contributed by atoms with Gasteiger partial charge in [0.25, 0.3) is 5.91 Å². The van der Waals surface area contributed by atoms with Gasteiger partial charge < -0.3 is 4.74 Å². The van der Waals surface area contributed by atoms with Gasteiger partial charge in [-0.15, -0.1) is 5.10 Å². The Kier molecular flexibility index (Phi) is 4.01. The predicted molar refractivity (Wildman–Crippen MR) is 82.7 cm³/mol. The summed E-state index contributed by atoms with van der Waals surface area (Å²) in [6, 6.07) is 12.5. The number of benzene rings is 2. The molecular weight excluding hydrogens is 299 g/mol. The van der Waals surface area contributed by atoms with Crippen molar-refractivity contribution in [2.45, 2.75) is 0 Å². The van der Waals surface area contributed by atoms with Gasteiger partial charge in [-0.2, -0.15) is 4.98 Å². The first-order valence-corrected chi connectivity index (χ1v) is 6.79. The average Bonchev–Trinajstić information content (AvgIpc) is 3.04. The lowest BCUT2D eigenvalue weighted by atomic mass is 10.2. The first kappa shape index (κ1) is 14.7. The van der Waals surface area contributed by atoms with E-state index in [1.807, 2.05) is 0 Å². The maximum atomic E-state index is 12.9. The summed E-state index contributed by atoms with van der Waals surface area (Å²) in [6.45, 7) is 0. The molecule has 0 aliphatic carbocycles. The van der Waals surface area contributed by atoms with Gasteiger partial charge in [0.05, 0.1) is 7.11 Å². The molecule has 116 valence electrons. The van der Waals surface area contributed by atoms with Gasteiger partial charge in [0.15, 0.2) is 5.82 Å². The van der Waals surface area contributed by atoms with Crippen LogP contribution in [0.25, 0.3) is 11.4 Å². The molecule has 6 nitrogen and oxygen atoms in total. The molecule has 0 aliphatic heterocycles. The summed E-state index contributed by atoms with van der Waals surface area (Å²) in [5, 5.41) is 9.22. The molecule has 1 aromatic heterocycles. The van der Waals surface area contributed by atoms with Gasteiger partial charge in [-0.05, 0) is 48.5 Å². The largest absolute Gasteiger partial charge is 0.497 e. The third kappa shape index (κ3) is 3.34. The summed E-state index contributed by atoms with van der Waals surface area (Å²) in [5.74, 6) is 0.580. The number of aromatic nitrogens is 3. The number of anilines is 1. The van der Waals surface area contributed by atoms with Crippen LogP contribution in [-0.2, 0) is 0 Å². The molecule has 3 rings (SSSR count). The van der Waals surface area contributed by atoms with E-state index in [-0.39, 0.29) is 17.7 Å². The fraction of sp³-hybridized carbons (Fsp3) is 0.0625. The van der Waals surface area contributed by atoms with E-state index in [0.29, 0.717) is 22.7 Å². The average molecular weight is 312 g/mol. The lowest BCUT2D eigenvalue weighted by Crippen LogP contribution is -2.12. The van der Waals surface area contributed by atoms with Crippen LogP contribution in [0.3, 0.4) is 0 Å². The molecule has 1 heterocycles. The van der Waals surface area contributed by atoms with Crippen molar-refractivity contribution in [2.24, 2.45) is 0 Å². The minimum absolute atomic E-state index is 0.144. The van der Waals surface area contributed by atoms with Gasteiger partial charge >= 0.3 is 0 Å². The Morgan fingerprint density at radius 3 is 2.48 bits per heavy atom. The van der Waals surface area contributed by atoms with E-state index in [4.69, 9.17) is 4.74 Å². The number of ether oxygens (including phenoxy) is 1. The normalized spacial score (nSPS) is 10.3. The molecule has 7 heteroatoms. The molecule has 3 aromatic rings. The number of halogens is 1. The van der Waals surface area contributed by atoms with Crippen LogP contribution in [-0.4, -0.2) is 28.2 Å². The highest BCUT2D eigenvalue weighted by Crippen LogP contribution is 2.17.